The molecule has 2 N–H and O–H groups in total. The van der Waals surface area contributed by atoms with Crippen molar-refractivity contribution >= 4 is 12.1 Å². The highest BCUT2D eigenvalue weighted by atomic mass is 16.6. The molecule has 2 atom stereocenters. The first-order chi connectivity index (χ1) is 9.23. The van der Waals surface area contributed by atoms with Gasteiger partial charge in [0.05, 0.1) is 13.2 Å². The number of alkyl carbamates (subject to hydrolysis) is 1. The lowest BCUT2D eigenvalue weighted by atomic mass is 9.80. The summed E-state index contributed by atoms with van der Waals surface area (Å²) in [6.07, 6.45) is 1.81. The van der Waals surface area contributed by atoms with E-state index in [0.717, 1.165) is 19.3 Å². The fraction of sp³-hybridized carbons (Fsp3) is 0.867. The molecule has 0 spiro atoms. The highest BCUT2D eigenvalue weighted by Crippen LogP contribution is 2.31. The third-order valence-corrected chi connectivity index (χ3v) is 3.34. The highest BCUT2D eigenvalue weighted by Gasteiger charge is 2.33. The molecule has 0 aromatic rings. The number of esters is 1. The second-order valence-corrected chi connectivity index (χ2v) is 6.25. The first-order valence-electron chi connectivity index (χ1n) is 6.98. The van der Waals surface area contributed by atoms with Gasteiger partial charge >= 0.3 is 12.1 Å². The molecule has 0 heterocycles. The predicted molar refractivity (Wildman–Crippen MR) is 79.9 cm³/mol. The van der Waals surface area contributed by atoms with E-state index in [2.05, 4.69) is 10.1 Å². The van der Waals surface area contributed by atoms with Gasteiger partial charge in [0, 0.05) is 0 Å². The Morgan fingerprint density at radius 2 is 1.90 bits per heavy atom. The van der Waals surface area contributed by atoms with Crippen molar-refractivity contribution in [1.82, 2.24) is 5.32 Å². The normalized spacial score (nSPS) is 17.8. The zero-order valence-electron chi connectivity index (χ0n) is 12.6. The van der Waals surface area contributed by atoms with E-state index in [-0.39, 0.29) is 7.43 Å². The second kappa shape index (κ2) is 8.22. The van der Waals surface area contributed by atoms with E-state index in [0.29, 0.717) is 12.3 Å². The average Bonchev–Trinajstić information content (AvgIpc) is 2.27. The lowest BCUT2D eigenvalue weighted by molar-refractivity contribution is -0.152. The Morgan fingerprint density at radius 3 is 2.29 bits per heavy atom. The number of hydrogen-bond donors (Lipinski definition) is 2. The zero-order chi connectivity index (χ0) is 15.3. The van der Waals surface area contributed by atoms with Crippen LogP contribution in [-0.4, -0.2) is 42.0 Å². The zero-order valence-corrected chi connectivity index (χ0v) is 12.6. The van der Waals surface area contributed by atoms with Crippen LogP contribution in [0, 0.1) is 5.92 Å². The van der Waals surface area contributed by atoms with E-state index in [1.54, 1.807) is 20.8 Å². The third kappa shape index (κ3) is 6.80. The number of ether oxygens (including phenoxy) is 2. The fourth-order valence-corrected chi connectivity index (χ4v) is 2.10. The van der Waals surface area contributed by atoms with Crippen LogP contribution >= 0.6 is 0 Å². The molecule has 6 heteroatoms. The summed E-state index contributed by atoms with van der Waals surface area (Å²) in [5.41, 5.74) is -0.624. The Hall–Kier alpha value is -1.30. The van der Waals surface area contributed by atoms with Gasteiger partial charge in [0.1, 0.15) is 5.60 Å². The summed E-state index contributed by atoms with van der Waals surface area (Å²) in [5, 5.41) is 12.5. The minimum absolute atomic E-state index is 0. The maximum Gasteiger partial charge on any atom is 0.407 e. The second-order valence-electron chi connectivity index (χ2n) is 6.25. The van der Waals surface area contributed by atoms with Crippen LogP contribution in [0.3, 0.4) is 0 Å². The summed E-state index contributed by atoms with van der Waals surface area (Å²) in [6, 6.07) is -0.678. The van der Waals surface area contributed by atoms with Crippen LogP contribution in [0.2, 0.25) is 0 Å². The van der Waals surface area contributed by atoms with Crippen LogP contribution < -0.4 is 5.32 Å². The van der Waals surface area contributed by atoms with Crippen molar-refractivity contribution in [2.75, 3.05) is 7.11 Å². The van der Waals surface area contributed by atoms with Crippen molar-refractivity contribution in [2.45, 2.75) is 71.6 Å². The molecular weight excluding hydrogens is 274 g/mol. The van der Waals surface area contributed by atoms with Crippen molar-refractivity contribution in [3.63, 3.8) is 0 Å². The van der Waals surface area contributed by atoms with Crippen LogP contribution in [0.1, 0.15) is 53.9 Å². The molecule has 1 saturated carbocycles. The Bertz CT molecular complexity index is 346. The van der Waals surface area contributed by atoms with Gasteiger partial charge in [0.15, 0.2) is 6.10 Å². The summed E-state index contributed by atoms with van der Waals surface area (Å²) in [5.74, 6) is -0.320. The fourth-order valence-electron chi connectivity index (χ4n) is 2.10. The Morgan fingerprint density at radius 1 is 1.33 bits per heavy atom. The number of nitrogens with one attached hydrogen (secondary N) is 1. The summed E-state index contributed by atoms with van der Waals surface area (Å²) in [7, 11) is 1.21. The van der Waals surface area contributed by atoms with Gasteiger partial charge < -0.3 is 19.9 Å². The molecule has 124 valence electrons. The molecule has 6 nitrogen and oxygen atoms in total. The monoisotopic (exact) mass is 303 g/mol. The number of methoxy groups -OCH3 is 1. The predicted octanol–water partition coefficient (Wildman–Crippen LogP) is 2.24. The molecule has 1 rings (SSSR count). The van der Waals surface area contributed by atoms with Gasteiger partial charge in [-0.25, -0.2) is 9.59 Å². The van der Waals surface area contributed by atoms with Crippen molar-refractivity contribution in [2.24, 2.45) is 5.92 Å². The quantitative estimate of drug-likeness (QED) is 0.761. The van der Waals surface area contributed by atoms with E-state index >= 15 is 0 Å². The van der Waals surface area contributed by atoms with Crippen LogP contribution in [0.25, 0.3) is 0 Å². The van der Waals surface area contributed by atoms with E-state index in [9.17, 15) is 14.7 Å². The van der Waals surface area contributed by atoms with Crippen LogP contribution in [0.15, 0.2) is 0 Å². The topological polar surface area (TPSA) is 84.9 Å². The number of aliphatic hydroxyl groups is 1. The van der Waals surface area contributed by atoms with Crippen molar-refractivity contribution in [1.29, 1.82) is 0 Å². The number of carbonyl (C=O) groups excluding carboxylic acids is 2. The van der Waals surface area contributed by atoms with Gasteiger partial charge in [0.2, 0.25) is 0 Å². The number of aliphatic hydroxyl groups excluding tert-OH is 1. The molecule has 21 heavy (non-hydrogen) atoms. The molecule has 0 aromatic heterocycles. The maximum absolute atomic E-state index is 11.8. The molecule has 1 amide bonds. The largest absolute Gasteiger partial charge is 0.467 e. The molecule has 1 aliphatic rings. The molecule has 2 unspecified atom stereocenters. The van der Waals surface area contributed by atoms with E-state index < -0.39 is 29.8 Å². The van der Waals surface area contributed by atoms with Crippen LogP contribution in [0.4, 0.5) is 4.79 Å². The molecule has 0 aliphatic heterocycles. The van der Waals surface area contributed by atoms with Crippen molar-refractivity contribution in [3.8, 4) is 0 Å². The maximum atomic E-state index is 11.8. The lowest BCUT2D eigenvalue weighted by Crippen LogP contribution is -2.50. The summed E-state index contributed by atoms with van der Waals surface area (Å²) >= 11 is 0. The van der Waals surface area contributed by atoms with Crippen LogP contribution in [0.5, 0.6) is 0 Å². The van der Waals surface area contributed by atoms with Gasteiger partial charge in [-0.15, -0.1) is 0 Å². The molecule has 1 aliphatic carbocycles. The first kappa shape index (κ1) is 19.7. The van der Waals surface area contributed by atoms with Gasteiger partial charge in [-0.1, -0.05) is 26.7 Å². The number of rotatable bonds is 5. The minimum Gasteiger partial charge on any atom is -0.467 e. The molecule has 1 fully saturated rings. The van der Waals surface area contributed by atoms with Gasteiger partial charge in [0.25, 0.3) is 0 Å². The molecule has 0 saturated heterocycles. The Balaban J connectivity index is 0.00000400. The Kier molecular flexibility index (Phi) is 7.71. The van der Waals surface area contributed by atoms with Crippen LogP contribution in [-0.2, 0) is 14.3 Å². The smallest absolute Gasteiger partial charge is 0.407 e. The lowest BCUT2D eigenvalue weighted by Gasteiger charge is -2.32. The number of hydrogen-bond acceptors (Lipinski definition) is 5. The van der Waals surface area contributed by atoms with Crippen molar-refractivity contribution in [3.05, 3.63) is 0 Å². The number of amides is 1. The SMILES string of the molecule is C.COC(=O)C(O)C(CC1CCC1)NC(=O)OC(C)(C)C. The minimum atomic E-state index is -1.37. The third-order valence-electron chi connectivity index (χ3n) is 3.34. The van der Waals surface area contributed by atoms with E-state index in [1.165, 1.54) is 7.11 Å². The van der Waals surface area contributed by atoms with Crippen molar-refractivity contribution < 1.29 is 24.2 Å². The van der Waals surface area contributed by atoms with Gasteiger partial charge in [-0.2, -0.15) is 0 Å². The molecule has 0 radical (unpaired) electrons. The van der Waals surface area contributed by atoms with E-state index in [4.69, 9.17) is 4.74 Å². The standard InChI is InChI=1S/C14H25NO5.CH4/c1-14(2,3)20-13(18)15-10(8-9-6-5-7-9)11(16)12(17)19-4;/h9-11,16H,5-8H2,1-4H3,(H,15,18);1H4. The summed E-state index contributed by atoms with van der Waals surface area (Å²) < 4.78 is 9.68. The Labute approximate surface area is 127 Å². The van der Waals surface area contributed by atoms with Gasteiger partial charge in [-0.3, -0.25) is 0 Å². The first-order valence-corrected chi connectivity index (χ1v) is 6.98. The highest BCUT2D eigenvalue weighted by molar-refractivity contribution is 5.76. The average molecular weight is 303 g/mol. The van der Waals surface area contributed by atoms with Gasteiger partial charge in [-0.05, 0) is 33.1 Å². The summed E-state index contributed by atoms with van der Waals surface area (Å²) in [4.78, 5) is 23.2. The molecule has 0 bridgehead atoms. The van der Waals surface area contributed by atoms with E-state index in [1.807, 2.05) is 0 Å². The summed E-state index contributed by atoms with van der Waals surface area (Å²) in [6.45, 7) is 5.26. The number of carbonyl (C=O) groups is 2. The molecular formula is C15H29NO5. The molecule has 0 aromatic carbocycles.